The van der Waals surface area contributed by atoms with Crippen molar-refractivity contribution in [2.75, 3.05) is 7.11 Å². The van der Waals surface area contributed by atoms with E-state index in [1.54, 1.807) is 24.3 Å². The predicted molar refractivity (Wildman–Crippen MR) is 225 cm³/mol. The molecule has 0 aliphatic carbocycles. The van der Waals surface area contributed by atoms with E-state index < -0.39 is 13.0 Å². The molecule has 0 bridgehead atoms. The molecular formula is C45H41BN8O3Zn. The van der Waals surface area contributed by atoms with Crippen LogP contribution in [0.2, 0.25) is 0 Å². The first kappa shape index (κ1) is 40.8. The standard InChI is InChI=1S/C30H28BN6.C9H8N2O3.C6H6.Zn/c1-22-19-28(25-13-7-4-8-14-25)32-35(22)31(36-23(2)20-29(33-36)26-15-9-5-10-16-26)37-24(3)21-30(34-37)27-17-11-6-12-18-27;1-13-11-9(12)8-6-4-2-3-5-7(6)14-10-8;1-2-4-6-5-3-1;/h4-21,31H,1-3H3;2-5H,1H3,(H,11,12);1-6H;/q-1;;;+2/p-1. The van der Waals surface area contributed by atoms with Crippen LogP contribution < -0.4 is 5.11 Å². The molecule has 0 fully saturated rings. The van der Waals surface area contributed by atoms with Crippen molar-refractivity contribution in [3.8, 4) is 33.8 Å². The number of para-hydroxylation sites is 1. The summed E-state index contributed by atoms with van der Waals surface area (Å²) >= 11 is 0. The minimum absolute atomic E-state index is 0. The molecular weight excluding hydrogens is 777 g/mol. The van der Waals surface area contributed by atoms with Gasteiger partial charge in [-0.3, -0.25) is 0 Å². The minimum atomic E-state index is -1.55. The molecule has 0 saturated heterocycles. The van der Waals surface area contributed by atoms with Crippen LogP contribution in [0.4, 0.5) is 0 Å². The number of benzene rings is 5. The number of aryl methyl sites for hydroxylation is 3. The summed E-state index contributed by atoms with van der Waals surface area (Å²) in [5.74, 6) is -0.544. The molecule has 9 aromatic rings. The van der Waals surface area contributed by atoms with Gasteiger partial charge in [0.15, 0.2) is 5.58 Å². The van der Waals surface area contributed by atoms with Crippen molar-refractivity contribution in [2.24, 2.45) is 5.16 Å². The molecule has 0 aliphatic heterocycles. The van der Waals surface area contributed by atoms with Gasteiger partial charge in [0.1, 0.15) is 12.8 Å². The third-order valence-corrected chi connectivity index (χ3v) is 9.38. The summed E-state index contributed by atoms with van der Waals surface area (Å²) in [5.41, 5.74) is 10.0. The van der Waals surface area contributed by atoms with Gasteiger partial charge in [-0.2, -0.15) is 0 Å². The molecule has 0 amide bonds. The summed E-state index contributed by atoms with van der Waals surface area (Å²) in [6.07, 6.45) is 0. The van der Waals surface area contributed by atoms with Crippen LogP contribution in [-0.2, 0) is 24.3 Å². The van der Waals surface area contributed by atoms with Gasteiger partial charge in [0.25, 0.3) is 0 Å². The fourth-order valence-electron chi connectivity index (χ4n) is 6.57. The Kier molecular flexibility index (Phi) is 13.6. The number of fused-ring (bicyclic) bond motifs is 1. The van der Waals surface area contributed by atoms with Crippen molar-refractivity contribution < 1.29 is 33.9 Å². The van der Waals surface area contributed by atoms with Crippen molar-refractivity contribution in [1.82, 2.24) is 34.2 Å². The molecule has 4 aromatic heterocycles. The maximum Gasteiger partial charge on any atom is 2.00 e. The zero-order valence-corrected chi connectivity index (χ0v) is 35.8. The van der Waals surface area contributed by atoms with Gasteiger partial charge < -0.3 is 28.2 Å². The van der Waals surface area contributed by atoms with Gasteiger partial charge in [-0.1, -0.05) is 145 Å². The maximum absolute atomic E-state index is 11.3. The molecule has 0 aliphatic rings. The van der Waals surface area contributed by atoms with Crippen molar-refractivity contribution in [3.63, 3.8) is 0 Å². The van der Waals surface area contributed by atoms with Crippen molar-refractivity contribution in [1.29, 1.82) is 0 Å². The third-order valence-electron chi connectivity index (χ3n) is 9.38. The van der Waals surface area contributed by atoms with Gasteiger partial charge in [-0.15, -0.1) is 5.16 Å². The van der Waals surface area contributed by atoms with Gasteiger partial charge in [-0.05, 0) is 68.2 Å². The zero-order valence-electron chi connectivity index (χ0n) is 32.9. The van der Waals surface area contributed by atoms with E-state index in [0.29, 0.717) is 11.0 Å². The van der Waals surface area contributed by atoms with Crippen LogP contribution >= 0.6 is 0 Å². The summed E-state index contributed by atoms with van der Waals surface area (Å²) in [7, 11) is -0.249. The number of hydrogen-bond acceptors (Lipinski definition) is 8. The molecule has 11 nitrogen and oxygen atoms in total. The Hall–Kier alpha value is -6.84. The van der Waals surface area contributed by atoms with E-state index in [4.69, 9.17) is 19.8 Å². The predicted octanol–water partition coefficient (Wildman–Crippen LogP) is 8.04. The number of rotatable bonds is 8. The second kappa shape index (κ2) is 19.3. The zero-order chi connectivity index (χ0) is 39.6. The normalized spacial score (nSPS) is 10.9. The van der Waals surface area contributed by atoms with Crippen LogP contribution in [0.5, 0.6) is 0 Å². The monoisotopic (exact) mass is 816 g/mol. The molecule has 9 rings (SSSR count). The Bertz CT molecular complexity index is 2450. The smallest absolute Gasteiger partial charge is 0.855 e. The minimum Gasteiger partial charge on any atom is -0.855 e. The van der Waals surface area contributed by atoms with E-state index >= 15 is 0 Å². The topological polar surface area (TPSA) is 124 Å². The number of oxime groups is 1. The second-order valence-corrected chi connectivity index (χ2v) is 13.3. The Morgan fingerprint density at radius 2 is 0.897 bits per heavy atom. The van der Waals surface area contributed by atoms with Crippen LogP contribution in [0, 0.1) is 20.8 Å². The van der Waals surface area contributed by atoms with Gasteiger partial charge >= 0.3 is 26.6 Å². The molecule has 4 heterocycles. The number of aromatic nitrogens is 7. The van der Waals surface area contributed by atoms with Crippen LogP contribution in [0.15, 0.2) is 180 Å². The molecule has 13 heteroatoms. The van der Waals surface area contributed by atoms with Crippen molar-refractivity contribution >= 4 is 24.0 Å². The summed E-state index contributed by atoms with van der Waals surface area (Å²) < 4.78 is 11.2. The van der Waals surface area contributed by atoms with Gasteiger partial charge in [-0.25, -0.2) is 15.3 Å². The Labute approximate surface area is 350 Å². The van der Waals surface area contributed by atoms with Crippen molar-refractivity contribution in [3.05, 3.63) is 193 Å². The van der Waals surface area contributed by atoms with E-state index in [-0.39, 0.29) is 25.2 Å². The van der Waals surface area contributed by atoms with Crippen molar-refractivity contribution in [2.45, 2.75) is 20.8 Å². The Balaban J connectivity index is 0.000000221. The third kappa shape index (κ3) is 9.40. The van der Waals surface area contributed by atoms with E-state index in [1.165, 1.54) is 7.11 Å². The van der Waals surface area contributed by atoms with Gasteiger partial charge in [0.05, 0.1) is 28.4 Å². The van der Waals surface area contributed by atoms with Crippen LogP contribution in [0.25, 0.3) is 44.7 Å². The average molecular weight is 818 g/mol. The summed E-state index contributed by atoms with van der Waals surface area (Å²) in [6.45, 7) is 6.31. The van der Waals surface area contributed by atoms with Crippen LogP contribution in [0.3, 0.4) is 0 Å². The van der Waals surface area contributed by atoms with Gasteiger partial charge in [0, 0.05) is 16.7 Å². The van der Waals surface area contributed by atoms with E-state index in [0.717, 1.165) is 50.9 Å². The summed E-state index contributed by atoms with van der Waals surface area (Å²) in [4.78, 5) is 4.37. The van der Waals surface area contributed by atoms with Gasteiger partial charge in [0.2, 0.25) is 0 Å². The average Bonchev–Trinajstić information content (AvgIpc) is 4.06. The molecule has 5 aromatic carbocycles. The first-order valence-corrected chi connectivity index (χ1v) is 18.6. The fraction of sp³-hybridized carbons (Fsp3) is 0.0889. The Morgan fingerprint density at radius 3 is 1.28 bits per heavy atom. The molecule has 0 spiro atoms. The first-order chi connectivity index (χ1) is 27.9. The molecule has 0 saturated carbocycles. The molecule has 0 N–H and O–H groups in total. The first-order valence-electron chi connectivity index (χ1n) is 18.6. The maximum atomic E-state index is 11.3. The molecule has 58 heavy (non-hydrogen) atoms. The van der Waals surface area contributed by atoms with Crippen LogP contribution in [0.1, 0.15) is 22.8 Å². The van der Waals surface area contributed by atoms with E-state index in [1.807, 2.05) is 91.0 Å². The van der Waals surface area contributed by atoms with E-state index in [2.05, 4.69) is 104 Å². The Morgan fingerprint density at radius 1 is 0.552 bits per heavy atom. The summed E-state index contributed by atoms with van der Waals surface area (Å²) in [5, 5.41) is 34.1. The SMILES string of the molecule is CO/N=C(\[O-])c1noc2ccccc12.Cc1cc(-c2ccccc2)nn1[BH-](n1nc(-c2ccccc2)cc1C)n1nc(-c2ccccc2)cc1C.[Zn+2].c1ccccc1. The molecule has 0 atom stereocenters. The largest absolute Gasteiger partial charge is 2.00 e. The number of nitrogens with zero attached hydrogens (tertiary/aromatic N) is 8. The van der Waals surface area contributed by atoms with E-state index in [9.17, 15) is 5.11 Å². The second-order valence-electron chi connectivity index (χ2n) is 13.3. The quantitative estimate of drug-likeness (QED) is 0.0658. The molecule has 0 radical (unpaired) electrons. The van der Waals surface area contributed by atoms with Crippen LogP contribution in [-0.4, -0.2) is 54.4 Å². The molecule has 284 valence electrons. The fourth-order valence-corrected chi connectivity index (χ4v) is 6.57. The summed E-state index contributed by atoms with van der Waals surface area (Å²) in [6, 6.07) is 56.4. The number of hydrogen-bond donors (Lipinski definition) is 0. The molecule has 0 unspecified atom stereocenters.